The summed E-state index contributed by atoms with van der Waals surface area (Å²) in [5.41, 5.74) is -1.19. The van der Waals surface area contributed by atoms with E-state index in [4.69, 9.17) is 11.6 Å². The zero-order chi connectivity index (χ0) is 18.4. The van der Waals surface area contributed by atoms with Crippen LogP contribution in [0.15, 0.2) is 18.2 Å². The van der Waals surface area contributed by atoms with Crippen LogP contribution in [-0.4, -0.2) is 44.0 Å². The summed E-state index contributed by atoms with van der Waals surface area (Å²) in [7, 11) is 1.92. The lowest BCUT2D eigenvalue weighted by atomic mass is 9.93. The number of amides is 1. The molecule has 2 rings (SSSR count). The van der Waals surface area contributed by atoms with Crippen molar-refractivity contribution < 1.29 is 18.0 Å². The van der Waals surface area contributed by atoms with E-state index in [2.05, 4.69) is 10.6 Å². The van der Waals surface area contributed by atoms with Crippen molar-refractivity contribution in [2.75, 3.05) is 38.5 Å². The molecule has 1 aromatic rings. The molecule has 0 spiro atoms. The van der Waals surface area contributed by atoms with Crippen molar-refractivity contribution in [2.24, 2.45) is 5.92 Å². The van der Waals surface area contributed by atoms with Crippen molar-refractivity contribution in [2.45, 2.75) is 25.4 Å². The number of carbonyl (C=O) groups excluding carboxylic acids is 1. The summed E-state index contributed by atoms with van der Waals surface area (Å²) < 4.78 is 39.2. The van der Waals surface area contributed by atoms with E-state index in [0.717, 1.165) is 45.0 Å². The van der Waals surface area contributed by atoms with Crippen molar-refractivity contribution in [1.29, 1.82) is 0 Å². The molecule has 1 fully saturated rings. The Morgan fingerprint density at radius 3 is 2.60 bits per heavy atom. The number of anilines is 1. The van der Waals surface area contributed by atoms with Gasteiger partial charge in [0.2, 0.25) is 5.91 Å². The molecular weight excluding hydrogens is 355 g/mol. The Kier molecular flexibility index (Phi) is 7.10. The van der Waals surface area contributed by atoms with E-state index in [9.17, 15) is 18.0 Å². The summed E-state index contributed by atoms with van der Waals surface area (Å²) >= 11 is 5.64. The normalized spacial score (nSPS) is 16.8. The molecule has 1 saturated heterocycles. The van der Waals surface area contributed by atoms with E-state index in [0.29, 0.717) is 5.92 Å². The second-order valence-corrected chi connectivity index (χ2v) is 6.78. The van der Waals surface area contributed by atoms with Gasteiger partial charge in [0.1, 0.15) is 0 Å². The molecule has 2 N–H and O–H groups in total. The van der Waals surface area contributed by atoms with Gasteiger partial charge in [0.15, 0.2) is 0 Å². The molecule has 0 aromatic heterocycles. The first-order chi connectivity index (χ1) is 11.8. The monoisotopic (exact) mass is 377 g/mol. The van der Waals surface area contributed by atoms with Crippen LogP contribution < -0.4 is 10.6 Å². The first kappa shape index (κ1) is 20.0. The molecule has 0 unspecified atom stereocenters. The fourth-order valence-corrected chi connectivity index (χ4v) is 3.21. The number of benzene rings is 1. The third-order valence-electron chi connectivity index (χ3n) is 4.44. The van der Waals surface area contributed by atoms with Gasteiger partial charge in [-0.2, -0.15) is 13.2 Å². The zero-order valence-electron chi connectivity index (χ0n) is 14.1. The lowest BCUT2D eigenvalue weighted by Gasteiger charge is -2.31. The van der Waals surface area contributed by atoms with Crippen LogP contribution in [0.25, 0.3) is 0 Å². The molecule has 0 bridgehead atoms. The summed E-state index contributed by atoms with van der Waals surface area (Å²) in [4.78, 5) is 14.1. The first-order valence-electron chi connectivity index (χ1n) is 8.33. The first-order valence-corrected chi connectivity index (χ1v) is 8.71. The van der Waals surface area contributed by atoms with Gasteiger partial charge in [0.25, 0.3) is 0 Å². The molecule has 0 saturated carbocycles. The quantitative estimate of drug-likeness (QED) is 0.795. The van der Waals surface area contributed by atoms with Gasteiger partial charge in [0.05, 0.1) is 17.8 Å². The Bertz CT molecular complexity index is 587. The molecule has 140 valence electrons. The molecule has 25 heavy (non-hydrogen) atoms. The summed E-state index contributed by atoms with van der Waals surface area (Å²) in [6, 6.07) is 3.34. The van der Waals surface area contributed by atoms with Crippen LogP contribution in [0.3, 0.4) is 0 Å². The SMILES string of the molecule is CNCCC1CCN(CC(=O)Nc2ccc(Cl)cc2C(F)(F)F)CC1. The minimum Gasteiger partial charge on any atom is -0.324 e. The molecule has 4 nitrogen and oxygen atoms in total. The molecule has 1 aliphatic rings. The van der Waals surface area contributed by atoms with Gasteiger partial charge in [-0.3, -0.25) is 9.69 Å². The largest absolute Gasteiger partial charge is 0.418 e. The fraction of sp³-hybridized carbons (Fsp3) is 0.588. The molecule has 1 heterocycles. The van der Waals surface area contributed by atoms with Crippen molar-refractivity contribution in [3.63, 3.8) is 0 Å². The highest BCUT2D eigenvalue weighted by atomic mass is 35.5. The van der Waals surface area contributed by atoms with Crippen LogP contribution in [0.1, 0.15) is 24.8 Å². The molecule has 1 amide bonds. The average molecular weight is 378 g/mol. The minimum atomic E-state index is -4.57. The van der Waals surface area contributed by atoms with Gasteiger partial charge in [-0.15, -0.1) is 0 Å². The number of hydrogen-bond donors (Lipinski definition) is 2. The average Bonchev–Trinajstić information content (AvgIpc) is 2.55. The molecule has 0 radical (unpaired) electrons. The Morgan fingerprint density at radius 1 is 1.32 bits per heavy atom. The molecular formula is C17H23ClF3N3O. The third kappa shape index (κ3) is 6.17. The van der Waals surface area contributed by atoms with E-state index in [1.165, 1.54) is 12.1 Å². The van der Waals surface area contributed by atoms with Crippen LogP contribution >= 0.6 is 11.6 Å². The van der Waals surface area contributed by atoms with Gasteiger partial charge < -0.3 is 10.6 Å². The molecule has 0 aliphatic carbocycles. The van der Waals surface area contributed by atoms with Crippen LogP contribution in [0.5, 0.6) is 0 Å². The van der Waals surface area contributed by atoms with Gasteiger partial charge in [-0.05, 0) is 70.1 Å². The van der Waals surface area contributed by atoms with E-state index in [-0.39, 0.29) is 17.3 Å². The maximum atomic E-state index is 13.1. The van der Waals surface area contributed by atoms with Gasteiger partial charge >= 0.3 is 6.18 Å². The van der Waals surface area contributed by atoms with Gasteiger partial charge in [0, 0.05) is 5.02 Å². The fourth-order valence-electron chi connectivity index (χ4n) is 3.03. The number of rotatable bonds is 6. The number of likely N-dealkylation sites (tertiary alicyclic amines) is 1. The molecule has 8 heteroatoms. The Hall–Kier alpha value is -1.31. The summed E-state index contributed by atoms with van der Waals surface area (Å²) in [6.07, 6.45) is -1.46. The lowest BCUT2D eigenvalue weighted by molar-refractivity contribution is -0.137. The summed E-state index contributed by atoms with van der Waals surface area (Å²) in [6.45, 7) is 2.64. The number of piperidine rings is 1. The van der Waals surface area contributed by atoms with Crippen LogP contribution in [0, 0.1) is 5.92 Å². The predicted octanol–water partition coefficient (Wildman–Crippen LogP) is 3.62. The maximum absolute atomic E-state index is 13.1. The Morgan fingerprint density at radius 2 is 2.00 bits per heavy atom. The highest BCUT2D eigenvalue weighted by molar-refractivity contribution is 6.30. The highest BCUT2D eigenvalue weighted by Crippen LogP contribution is 2.36. The molecule has 0 atom stereocenters. The third-order valence-corrected chi connectivity index (χ3v) is 4.67. The molecule has 1 aromatic carbocycles. The summed E-state index contributed by atoms with van der Waals surface area (Å²) in [5, 5.41) is 5.48. The van der Waals surface area contributed by atoms with Crippen LogP contribution in [-0.2, 0) is 11.0 Å². The lowest BCUT2D eigenvalue weighted by Crippen LogP contribution is -2.39. The number of hydrogen-bond acceptors (Lipinski definition) is 3. The maximum Gasteiger partial charge on any atom is 0.418 e. The van der Waals surface area contributed by atoms with Crippen molar-refractivity contribution in [3.8, 4) is 0 Å². The van der Waals surface area contributed by atoms with E-state index in [1.54, 1.807) is 0 Å². The summed E-state index contributed by atoms with van der Waals surface area (Å²) in [5.74, 6) is 0.196. The number of nitrogens with zero attached hydrogens (tertiary/aromatic N) is 1. The number of alkyl halides is 3. The number of nitrogens with one attached hydrogen (secondary N) is 2. The predicted molar refractivity (Wildman–Crippen MR) is 92.8 cm³/mol. The van der Waals surface area contributed by atoms with Gasteiger partial charge in [-0.1, -0.05) is 11.6 Å². The van der Waals surface area contributed by atoms with Crippen molar-refractivity contribution >= 4 is 23.2 Å². The van der Waals surface area contributed by atoms with E-state index < -0.39 is 17.6 Å². The standard InChI is InChI=1S/C17H23ClF3N3O/c1-22-7-4-12-5-8-24(9-6-12)11-16(25)23-15-3-2-13(18)10-14(15)17(19,20)21/h2-3,10,12,22H,4-9,11H2,1H3,(H,23,25). The molecule has 1 aliphatic heterocycles. The highest BCUT2D eigenvalue weighted by Gasteiger charge is 2.34. The Balaban J connectivity index is 1.89. The number of halogens is 4. The zero-order valence-corrected chi connectivity index (χ0v) is 14.9. The second-order valence-electron chi connectivity index (χ2n) is 6.35. The van der Waals surface area contributed by atoms with E-state index in [1.807, 2.05) is 11.9 Å². The topological polar surface area (TPSA) is 44.4 Å². The minimum absolute atomic E-state index is 0.0195. The van der Waals surface area contributed by atoms with Gasteiger partial charge in [-0.25, -0.2) is 0 Å². The number of carbonyl (C=O) groups is 1. The smallest absolute Gasteiger partial charge is 0.324 e. The van der Waals surface area contributed by atoms with Crippen LogP contribution in [0.4, 0.5) is 18.9 Å². The Labute approximate surface area is 150 Å². The van der Waals surface area contributed by atoms with Crippen molar-refractivity contribution in [3.05, 3.63) is 28.8 Å². The van der Waals surface area contributed by atoms with E-state index >= 15 is 0 Å². The van der Waals surface area contributed by atoms with Crippen molar-refractivity contribution in [1.82, 2.24) is 10.2 Å². The van der Waals surface area contributed by atoms with Crippen LogP contribution in [0.2, 0.25) is 5.02 Å². The second kappa shape index (κ2) is 8.87.